The molecule has 0 radical (unpaired) electrons. The highest BCUT2D eigenvalue weighted by Crippen LogP contribution is 2.32. The van der Waals surface area contributed by atoms with Crippen LogP contribution in [0.4, 0.5) is 13.2 Å². The third-order valence-electron chi connectivity index (χ3n) is 3.68. The van der Waals surface area contributed by atoms with E-state index in [0.29, 0.717) is 6.42 Å². The molecule has 7 heteroatoms. The number of carbonyl (C=O) groups excluding carboxylic acids is 1. The molecule has 1 aliphatic rings. The van der Waals surface area contributed by atoms with Crippen molar-refractivity contribution in [3.05, 3.63) is 35.9 Å². The Morgan fingerprint density at radius 2 is 2.00 bits per heavy atom. The van der Waals surface area contributed by atoms with Crippen LogP contribution in [-0.2, 0) is 4.79 Å². The number of hydrogen-bond acceptors (Lipinski definition) is 3. The van der Waals surface area contributed by atoms with Gasteiger partial charge >= 0.3 is 6.18 Å². The molecule has 4 nitrogen and oxygen atoms in total. The van der Waals surface area contributed by atoms with Crippen LogP contribution in [0, 0.1) is 0 Å². The molecular weight excluding hydrogens is 295 g/mol. The number of benzene rings is 1. The second kappa shape index (κ2) is 7.11. The van der Waals surface area contributed by atoms with Gasteiger partial charge in [0.25, 0.3) is 0 Å². The third-order valence-corrected chi connectivity index (χ3v) is 3.68. The molecule has 0 saturated carbocycles. The van der Waals surface area contributed by atoms with Gasteiger partial charge in [-0.3, -0.25) is 10.2 Å². The molecule has 1 saturated heterocycles. The van der Waals surface area contributed by atoms with Gasteiger partial charge in [0.15, 0.2) is 6.04 Å². The first kappa shape index (κ1) is 16.8. The molecule has 0 aromatic heterocycles. The maximum atomic E-state index is 13.2. The van der Waals surface area contributed by atoms with Crippen molar-refractivity contribution in [1.82, 2.24) is 16.2 Å². The fourth-order valence-corrected chi connectivity index (χ4v) is 2.57. The van der Waals surface area contributed by atoms with Gasteiger partial charge in [0.05, 0.1) is 0 Å². The van der Waals surface area contributed by atoms with Crippen molar-refractivity contribution in [2.45, 2.75) is 50.5 Å². The molecule has 3 atom stereocenters. The Labute approximate surface area is 127 Å². The lowest BCUT2D eigenvalue weighted by Crippen LogP contribution is -2.47. The van der Waals surface area contributed by atoms with Crippen molar-refractivity contribution in [2.24, 2.45) is 0 Å². The second-order valence-electron chi connectivity index (χ2n) is 5.46. The number of carbonyl (C=O) groups is 1. The standard InChI is InChI=1S/C15H20F3N3O/c1-2-6-11-9-12(21-20-11)14(22)19-13(15(16,17)18)10-7-4-3-5-8-10/h3-5,7-8,11-13,20-21H,2,6,9H2,1H3,(H,19,22). The van der Waals surface area contributed by atoms with Crippen LogP contribution < -0.4 is 16.2 Å². The number of halogens is 3. The Balaban J connectivity index is 2.04. The van der Waals surface area contributed by atoms with Crippen molar-refractivity contribution in [1.29, 1.82) is 0 Å². The minimum absolute atomic E-state index is 0.0272. The van der Waals surface area contributed by atoms with E-state index in [9.17, 15) is 18.0 Å². The molecule has 22 heavy (non-hydrogen) atoms. The van der Waals surface area contributed by atoms with Crippen LogP contribution in [0.2, 0.25) is 0 Å². The molecule has 1 aromatic carbocycles. The van der Waals surface area contributed by atoms with Crippen LogP contribution >= 0.6 is 0 Å². The molecule has 2 rings (SSSR count). The van der Waals surface area contributed by atoms with Crippen LogP contribution in [0.5, 0.6) is 0 Å². The van der Waals surface area contributed by atoms with E-state index in [1.54, 1.807) is 6.07 Å². The Hall–Kier alpha value is -1.60. The average molecular weight is 315 g/mol. The first-order chi connectivity index (χ1) is 10.4. The number of hydrazine groups is 1. The second-order valence-corrected chi connectivity index (χ2v) is 5.46. The molecule has 1 aliphatic heterocycles. The van der Waals surface area contributed by atoms with E-state index in [4.69, 9.17) is 0 Å². The number of rotatable bonds is 5. The zero-order valence-corrected chi connectivity index (χ0v) is 12.3. The van der Waals surface area contributed by atoms with Crippen molar-refractivity contribution >= 4 is 5.91 Å². The molecule has 1 heterocycles. The maximum Gasteiger partial charge on any atom is 0.412 e. The van der Waals surface area contributed by atoms with Gasteiger partial charge < -0.3 is 5.32 Å². The Kier molecular flexibility index (Phi) is 5.42. The van der Waals surface area contributed by atoms with Gasteiger partial charge in [0.1, 0.15) is 6.04 Å². The van der Waals surface area contributed by atoms with Crippen molar-refractivity contribution in [2.75, 3.05) is 0 Å². The molecule has 0 bridgehead atoms. The summed E-state index contributed by atoms with van der Waals surface area (Å²) in [4.78, 5) is 12.1. The van der Waals surface area contributed by atoms with E-state index in [0.717, 1.165) is 12.8 Å². The first-order valence-electron chi connectivity index (χ1n) is 7.35. The van der Waals surface area contributed by atoms with Gasteiger partial charge in [-0.2, -0.15) is 13.2 Å². The zero-order valence-electron chi connectivity index (χ0n) is 12.3. The van der Waals surface area contributed by atoms with Crippen LogP contribution in [0.3, 0.4) is 0 Å². The molecule has 1 fully saturated rings. The summed E-state index contributed by atoms with van der Waals surface area (Å²) in [5.41, 5.74) is 5.75. The number of hydrogen-bond donors (Lipinski definition) is 3. The van der Waals surface area contributed by atoms with E-state index in [-0.39, 0.29) is 11.6 Å². The van der Waals surface area contributed by atoms with Gasteiger partial charge in [-0.25, -0.2) is 5.43 Å². The van der Waals surface area contributed by atoms with E-state index >= 15 is 0 Å². The minimum atomic E-state index is -4.54. The fourth-order valence-electron chi connectivity index (χ4n) is 2.57. The summed E-state index contributed by atoms with van der Waals surface area (Å²) in [5, 5.41) is 2.11. The molecule has 0 aliphatic carbocycles. The van der Waals surface area contributed by atoms with Crippen LogP contribution in [-0.4, -0.2) is 24.2 Å². The smallest absolute Gasteiger partial charge is 0.339 e. The van der Waals surface area contributed by atoms with Crippen LogP contribution in [0.25, 0.3) is 0 Å². The lowest BCUT2D eigenvalue weighted by Gasteiger charge is -2.23. The minimum Gasteiger partial charge on any atom is -0.339 e. The van der Waals surface area contributed by atoms with E-state index < -0.39 is 24.2 Å². The normalized spacial score (nSPS) is 23.3. The Morgan fingerprint density at radius 1 is 1.32 bits per heavy atom. The van der Waals surface area contributed by atoms with E-state index in [1.807, 2.05) is 6.92 Å². The highest BCUT2D eigenvalue weighted by Gasteiger charge is 2.43. The average Bonchev–Trinajstić information content (AvgIpc) is 2.93. The molecule has 0 spiro atoms. The molecule has 1 aromatic rings. The number of alkyl halides is 3. The largest absolute Gasteiger partial charge is 0.412 e. The summed E-state index contributed by atoms with van der Waals surface area (Å²) < 4.78 is 39.6. The van der Waals surface area contributed by atoms with Crippen molar-refractivity contribution in [3.8, 4) is 0 Å². The van der Waals surface area contributed by atoms with E-state index in [2.05, 4.69) is 16.2 Å². The molecule has 1 amide bonds. The fraction of sp³-hybridized carbons (Fsp3) is 0.533. The quantitative estimate of drug-likeness (QED) is 0.782. The third kappa shape index (κ3) is 4.20. The molecule has 3 N–H and O–H groups in total. The van der Waals surface area contributed by atoms with Crippen LogP contribution in [0.1, 0.15) is 37.8 Å². The van der Waals surface area contributed by atoms with Gasteiger partial charge in [-0.15, -0.1) is 0 Å². The highest BCUT2D eigenvalue weighted by molar-refractivity contribution is 5.82. The SMILES string of the molecule is CCCC1CC(C(=O)NC(c2ccccc2)C(F)(F)F)NN1. The van der Waals surface area contributed by atoms with Gasteiger partial charge in [0.2, 0.25) is 5.91 Å². The summed E-state index contributed by atoms with van der Waals surface area (Å²) in [7, 11) is 0. The van der Waals surface area contributed by atoms with Crippen molar-refractivity contribution in [3.63, 3.8) is 0 Å². The Morgan fingerprint density at radius 3 is 2.59 bits per heavy atom. The lowest BCUT2D eigenvalue weighted by molar-refractivity contribution is -0.164. The predicted octanol–water partition coefficient (Wildman–Crippen LogP) is 2.44. The summed E-state index contributed by atoms with van der Waals surface area (Å²) in [5.74, 6) is -0.641. The van der Waals surface area contributed by atoms with Gasteiger partial charge in [-0.1, -0.05) is 43.7 Å². The number of amides is 1. The molecular formula is C15H20F3N3O. The summed E-state index contributed by atoms with van der Waals surface area (Å²) in [6.45, 7) is 2.02. The topological polar surface area (TPSA) is 53.2 Å². The number of nitrogens with one attached hydrogen (secondary N) is 3. The molecule has 122 valence electrons. The Bertz CT molecular complexity index is 493. The maximum absolute atomic E-state index is 13.2. The summed E-state index contributed by atoms with van der Waals surface area (Å²) >= 11 is 0. The highest BCUT2D eigenvalue weighted by atomic mass is 19.4. The van der Waals surface area contributed by atoms with Gasteiger partial charge in [0, 0.05) is 6.04 Å². The zero-order chi connectivity index (χ0) is 16.2. The van der Waals surface area contributed by atoms with Crippen molar-refractivity contribution < 1.29 is 18.0 Å². The summed E-state index contributed by atoms with van der Waals surface area (Å²) in [6, 6.07) is 4.87. The first-order valence-corrected chi connectivity index (χ1v) is 7.35. The molecule has 3 unspecified atom stereocenters. The monoisotopic (exact) mass is 315 g/mol. The van der Waals surface area contributed by atoms with Crippen LogP contribution in [0.15, 0.2) is 30.3 Å². The summed E-state index contributed by atoms with van der Waals surface area (Å²) in [6.07, 6.45) is -2.23. The van der Waals surface area contributed by atoms with E-state index in [1.165, 1.54) is 24.3 Å². The van der Waals surface area contributed by atoms with Gasteiger partial charge in [-0.05, 0) is 18.4 Å². The lowest BCUT2D eigenvalue weighted by atomic mass is 10.0. The predicted molar refractivity (Wildman–Crippen MR) is 76.8 cm³/mol.